The molecule has 6 nitrogen and oxygen atoms in total. The quantitative estimate of drug-likeness (QED) is 0.579. The molecule has 0 aromatic carbocycles. The van der Waals surface area contributed by atoms with Gasteiger partial charge in [0.1, 0.15) is 27.1 Å². The molecule has 0 radical (unpaired) electrons. The highest BCUT2D eigenvalue weighted by Gasteiger charge is 2.24. The minimum atomic E-state index is 0.528. The average molecular weight is 312 g/mol. The van der Waals surface area contributed by atoms with E-state index in [9.17, 15) is 0 Å². The Kier molecular flexibility index (Phi) is 3.19. The van der Waals surface area contributed by atoms with Gasteiger partial charge in [-0.25, -0.2) is 9.97 Å². The van der Waals surface area contributed by atoms with E-state index in [1.165, 1.54) is 11.3 Å². The molecule has 0 unspecified atom stereocenters. The second-order valence-corrected chi connectivity index (χ2v) is 5.99. The summed E-state index contributed by atoms with van der Waals surface area (Å²) in [5.41, 5.74) is 2.22. The Bertz CT molecular complexity index is 838. The van der Waals surface area contributed by atoms with Gasteiger partial charge in [0.25, 0.3) is 0 Å². The molecule has 4 rings (SSSR count). The molecule has 0 fully saturated rings. The van der Waals surface area contributed by atoms with Gasteiger partial charge in [0, 0.05) is 24.4 Å². The number of rotatable bonds is 2. The maximum absolute atomic E-state index is 9.06. The van der Waals surface area contributed by atoms with Gasteiger partial charge in [-0.3, -0.25) is 4.98 Å². The number of aromatic nitrogens is 3. The Morgan fingerprint density at radius 3 is 3.05 bits per heavy atom. The Labute approximate surface area is 130 Å². The number of aryl methyl sites for hydroxylation is 1. The van der Waals surface area contributed by atoms with Crippen molar-refractivity contribution in [1.29, 1.82) is 0 Å². The van der Waals surface area contributed by atoms with E-state index in [0.29, 0.717) is 17.3 Å². The summed E-state index contributed by atoms with van der Waals surface area (Å²) in [6, 6.07) is 3.84. The van der Waals surface area contributed by atoms with E-state index in [4.69, 9.17) is 9.62 Å². The normalized spacial score (nSPS) is 15.9. The standard InChI is InChI=1S/C15H12N4O2S/c20-19-10-4-1-5-11-13(10)18-14(21-11)12-8-17-15(22-12)9-3-2-6-16-7-9/h2-3,6-8,20H,1,4-5H2/b19-10+. The number of oxime groups is 1. The Morgan fingerprint density at radius 2 is 2.23 bits per heavy atom. The molecule has 1 aliphatic carbocycles. The third kappa shape index (κ3) is 2.19. The summed E-state index contributed by atoms with van der Waals surface area (Å²) < 4.78 is 5.83. The van der Waals surface area contributed by atoms with Crippen LogP contribution in [-0.4, -0.2) is 25.9 Å². The Morgan fingerprint density at radius 1 is 1.27 bits per heavy atom. The molecule has 1 aliphatic rings. The molecule has 3 aromatic heterocycles. The van der Waals surface area contributed by atoms with E-state index in [1.807, 2.05) is 12.1 Å². The zero-order valence-corrected chi connectivity index (χ0v) is 12.4. The van der Waals surface area contributed by atoms with Gasteiger partial charge in [0.15, 0.2) is 0 Å². The number of hydrogen-bond donors (Lipinski definition) is 1. The van der Waals surface area contributed by atoms with Gasteiger partial charge in [0.05, 0.1) is 6.20 Å². The minimum absolute atomic E-state index is 0.528. The Hall–Kier alpha value is -2.54. The lowest BCUT2D eigenvalue weighted by molar-refractivity contribution is 0.317. The summed E-state index contributed by atoms with van der Waals surface area (Å²) in [6.07, 6.45) is 7.70. The SMILES string of the molecule is O/N=C1\CCCc2oc(-c3cnc(-c4cccnc4)s3)nc21. The second-order valence-electron chi connectivity index (χ2n) is 4.96. The van der Waals surface area contributed by atoms with Gasteiger partial charge in [0.2, 0.25) is 5.89 Å². The lowest BCUT2D eigenvalue weighted by atomic mass is 10.0. The smallest absolute Gasteiger partial charge is 0.238 e. The molecule has 0 bridgehead atoms. The van der Waals surface area contributed by atoms with Gasteiger partial charge in [-0.1, -0.05) is 5.16 Å². The van der Waals surface area contributed by atoms with Crippen molar-refractivity contribution in [2.45, 2.75) is 19.3 Å². The molecule has 0 atom stereocenters. The summed E-state index contributed by atoms with van der Waals surface area (Å²) >= 11 is 1.50. The third-order valence-corrected chi connectivity index (χ3v) is 4.57. The molecule has 3 heterocycles. The Balaban J connectivity index is 1.72. The van der Waals surface area contributed by atoms with Crippen LogP contribution in [0.4, 0.5) is 0 Å². The van der Waals surface area contributed by atoms with Crippen molar-refractivity contribution in [3.63, 3.8) is 0 Å². The van der Waals surface area contributed by atoms with Crippen LogP contribution in [0.5, 0.6) is 0 Å². The molecule has 0 amide bonds. The number of oxazole rings is 1. The van der Waals surface area contributed by atoms with Crippen molar-refractivity contribution < 1.29 is 9.62 Å². The van der Waals surface area contributed by atoms with Gasteiger partial charge in [-0.05, 0) is 25.0 Å². The van der Waals surface area contributed by atoms with E-state index in [1.54, 1.807) is 18.6 Å². The van der Waals surface area contributed by atoms with E-state index in [-0.39, 0.29) is 0 Å². The number of thiazole rings is 1. The van der Waals surface area contributed by atoms with Crippen LogP contribution in [0, 0.1) is 0 Å². The highest BCUT2D eigenvalue weighted by molar-refractivity contribution is 7.18. The summed E-state index contributed by atoms with van der Waals surface area (Å²) in [5, 5.41) is 13.3. The molecule has 22 heavy (non-hydrogen) atoms. The average Bonchev–Trinajstić information content (AvgIpc) is 3.21. The fourth-order valence-corrected chi connectivity index (χ4v) is 3.31. The van der Waals surface area contributed by atoms with Crippen molar-refractivity contribution in [3.05, 3.63) is 42.2 Å². The van der Waals surface area contributed by atoms with E-state index in [0.717, 1.165) is 40.5 Å². The largest absolute Gasteiger partial charge is 0.440 e. The maximum Gasteiger partial charge on any atom is 0.238 e. The highest BCUT2D eigenvalue weighted by atomic mass is 32.1. The van der Waals surface area contributed by atoms with Crippen molar-refractivity contribution in [3.8, 4) is 21.3 Å². The van der Waals surface area contributed by atoms with Crippen LogP contribution in [0.1, 0.15) is 24.3 Å². The van der Waals surface area contributed by atoms with E-state index < -0.39 is 0 Å². The minimum Gasteiger partial charge on any atom is -0.440 e. The van der Waals surface area contributed by atoms with Crippen LogP contribution in [0.2, 0.25) is 0 Å². The van der Waals surface area contributed by atoms with Crippen LogP contribution in [0.25, 0.3) is 21.3 Å². The fraction of sp³-hybridized carbons (Fsp3) is 0.200. The highest BCUT2D eigenvalue weighted by Crippen LogP contribution is 2.33. The summed E-state index contributed by atoms with van der Waals surface area (Å²) in [6.45, 7) is 0. The first-order valence-corrected chi connectivity index (χ1v) is 7.74. The summed E-state index contributed by atoms with van der Waals surface area (Å²) in [7, 11) is 0. The van der Waals surface area contributed by atoms with Gasteiger partial charge < -0.3 is 9.62 Å². The lowest BCUT2D eigenvalue weighted by Crippen LogP contribution is -2.10. The predicted octanol–water partition coefficient (Wildman–Crippen LogP) is 3.37. The van der Waals surface area contributed by atoms with Gasteiger partial charge in [-0.2, -0.15) is 0 Å². The van der Waals surface area contributed by atoms with Crippen molar-refractivity contribution >= 4 is 17.0 Å². The number of pyridine rings is 1. The number of fused-ring (bicyclic) bond motifs is 1. The zero-order valence-electron chi connectivity index (χ0n) is 11.6. The summed E-state index contributed by atoms with van der Waals surface area (Å²) in [4.78, 5) is 13.8. The summed E-state index contributed by atoms with van der Waals surface area (Å²) in [5.74, 6) is 1.31. The fourth-order valence-electron chi connectivity index (χ4n) is 2.48. The lowest BCUT2D eigenvalue weighted by Gasteiger charge is -2.07. The molecule has 0 saturated heterocycles. The molecule has 7 heteroatoms. The van der Waals surface area contributed by atoms with E-state index >= 15 is 0 Å². The molecule has 1 N–H and O–H groups in total. The first-order valence-electron chi connectivity index (χ1n) is 6.93. The van der Waals surface area contributed by atoms with Crippen LogP contribution in [0.3, 0.4) is 0 Å². The molecule has 110 valence electrons. The topological polar surface area (TPSA) is 84.4 Å². The molecule has 3 aromatic rings. The predicted molar refractivity (Wildman–Crippen MR) is 82.1 cm³/mol. The van der Waals surface area contributed by atoms with E-state index in [2.05, 4.69) is 20.1 Å². The third-order valence-electron chi connectivity index (χ3n) is 3.53. The second kappa shape index (κ2) is 5.34. The molecular weight excluding hydrogens is 300 g/mol. The number of nitrogens with zero attached hydrogens (tertiary/aromatic N) is 4. The number of hydrogen-bond acceptors (Lipinski definition) is 7. The zero-order chi connectivity index (χ0) is 14.9. The van der Waals surface area contributed by atoms with Gasteiger partial charge >= 0.3 is 0 Å². The van der Waals surface area contributed by atoms with Crippen LogP contribution < -0.4 is 0 Å². The van der Waals surface area contributed by atoms with Crippen molar-refractivity contribution in [2.24, 2.45) is 5.16 Å². The van der Waals surface area contributed by atoms with Crippen LogP contribution >= 0.6 is 11.3 Å². The monoisotopic (exact) mass is 312 g/mol. The van der Waals surface area contributed by atoms with Gasteiger partial charge in [-0.15, -0.1) is 11.3 Å². The molecule has 0 spiro atoms. The first kappa shape index (κ1) is 13.1. The molecule has 0 saturated carbocycles. The van der Waals surface area contributed by atoms with Crippen molar-refractivity contribution in [1.82, 2.24) is 15.0 Å². The van der Waals surface area contributed by atoms with Crippen LogP contribution in [0.15, 0.2) is 40.3 Å². The maximum atomic E-state index is 9.06. The molecule has 0 aliphatic heterocycles. The van der Waals surface area contributed by atoms with Crippen LogP contribution in [-0.2, 0) is 6.42 Å². The molecular formula is C15H12N4O2S. The van der Waals surface area contributed by atoms with Crippen molar-refractivity contribution in [2.75, 3.05) is 0 Å². The first-order chi connectivity index (χ1) is 10.8.